The lowest BCUT2D eigenvalue weighted by Gasteiger charge is -2.16. The predicted molar refractivity (Wildman–Crippen MR) is 79.0 cm³/mol. The van der Waals surface area contributed by atoms with E-state index in [1.165, 1.54) is 31.2 Å². The molecule has 0 aromatic heterocycles. The van der Waals surface area contributed by atoms with Crippen molar-refractivity contribution in [3.63, 3.8) is 0 Å². The summed E-state index contributed by atoms with van der Waals surface area (Å²) < 4.78 is 5.83. The molecule has 2 unspecified atom stereocenters. The summed E-state index contributed by atoms with van der Waals surface area (Å²) >= 11 is 0. The van der Waals surface area contributed by atoms with Crippen LogP contribution in [0, 0.1) is 0 Å². The van der Waals surface area contributed by atoms with Gasteiger partial charge in [0.05, 0.1) is 6.10 Å². The Morgan fingerprint density at radius 2 is 1.72 bits per heavy atom. The Bertz CT molecular complexity index is 294. The molecule has 0 N–H and O–H groups in total. The van der Waals surface area contributed by atoms with E-state index in [0.717, 1.165) is 13.0 Å². The highest BCUT2D eigenvalue weighted by atomic mass is 16.5. The molecule has 0 bridgehead atoms. The van der Waals surface area contributed by atoms with Crippen LogP contribution in [0.4, 0.5) is 0 Å². The zero-order valence-electron chi connectivity index (χ0n) is 12.2. The van der Waals surface area contributed by atoms with Gasteiger partial charge in [0.1, 0.15) is 0 Å². The smallest absolute Gasteiger partial charge is 0.0547 e. The van der Waals surface area contributed by atoms with Gasteiger partial charge in [-0.25, -0.2) is 0 Å². The first-order chi connectivity index (χ1) is 8.74. The minimum atomic E-state index is 0.396. The molecule has 0 saturated carbocycles. The fourth-order valence-electron chi connectivity index (χ4n) is 2.15. The molecule has 1 nitrogen and oxygen atoms in total. The van der Waals surface area contributed by atoms with E-state index in [1.54, 1.807) is 0 Å². The summed E-state index contributed by atoms with van der Waals surface area (Å²) in [6.45, 7) is 7.66. The van der Waals surface area contributed by atoms with Crippen LogP contribution in [0.3, 0.4) is 0 Å². The minimum Gasteiger partial charge on any atom is -0.379 e. The van der Waals surface area contributed by atoms with Crippen molar-refractivity contribution in [2.45, 2.75) is 64.9 Å². The summed E-state index contributed by atoms with van der Waals surface area (Å²) in [5.41, 5.74) is 1.44. The number of rotatable bonds is 9. The van der Waals surface area contributed by atoms with Crippen LogP contribution in [-0.4, -0.2) is 12.7 Å². The quantitative estimate of drug-likeness (QED) is 0.548. The van der Waals surface area contributed by atoms with Crippen LogP contribution in [0.5, 0.6) is 0 Å². The summed E-state index contributed by atoms with van der Waals surface area (Å²) in [5.74, 6) is 0.632. The molecule has 0 aliphatic heterocycles. The molecule has 0 spiro atoms. The second-order valence-electron chi connectivity index (χ2n) is 5.28. The van der Waals surface area contributed by atoms with E-state index >= 15 is 0 Å². The topological polar surface area (TPSA) is 9.23 Å². The molecule has 0 fully saturated rings. The standard InChI is InChI=1S/C17H28O/c1-4-5-9-14-18-16(3)13-12-15(2)17-10-7-6-8-11-17/h6-8,10-11,15-16H,4-5,9,12-14H2,1-3H3. The Morgan fingerprint density at radius 3 is 2.39 bits per heavy atom. The Labute approximate surface area is 113 Å². The second kappa shape index (κ2) is 9.16. The van der Waals surface area contributed by atoms with Crippen molar-refractivity contribution in [3.05, 3.63) is 35.9 Å². The molecule has 0 radical (unpaired) electrons. The number of benzene rings is 1. The lowest BCUT2D eigenvalue weighted by Crippen LogP contribution is -2.10. The van der Waals surface area contributed by atoms with Gasteiger partial charge >= 0.3 is 0 Å². The van der Waals surface area contributed by atoms with E-state index in [0.29, 0.717) is 12.0 Å². The van der Waals surface area contributed by atoms with Gasteiger partial charge in [0.15, 0.2) is 0 Å². The monoisotopic (exact) mass is 248 g/mol. The van der Waals surface area contributed by atoms with Gasteiger partial charge in [0, 0.05) is 6.61 Å². The molecule has 18 heavy (non-hydrogen) atoms. The lowest BCUT2D eigenvalue weighted by atomic mass is 9.95. The van der Waals surface area contributed by atoms with Crippen LogP contribution in [0.15, 0.2) is 30.3 Å². The molecule has 0 aliphatic carbocycles. The molecule has 1 heteroatoms. The average molecular weight is 248 g/mol. The number of hydrogen-bond donors (Lipinski definition) is 0. The van der Waals surface area contributed by atoms with Crippen LogP contribution >= 0.6 is 0 Å². The van der Waals surface area contributed by atoms with Crippen molar-refractivity contribution in [1.29, 1.82) is 0 Å². The summed E-state index contributed by atoms with van der Waals surface area (Å²) in [4.78, 5) is 0. The number of unbranched alkanes of at least 4 members (excludes halogenated alkanes) is 2. The van der Waals surface area contributed by atoms with Crippen LogP contribution in [0.1, 0.15) is 64.4 Å². The zero-order valence-corrected chi connectivity index (χ0v) is 12.2. The largest absolute Gasteiger partial charge is 0.379 e. The van der Waals surface area contributed by atoms with Crippen LogP contribution in [0.25, 0.3) is 0 Å². The summed E-state index contributed by atoms with van der Waals surface area (Å²) in [6.07, 6.45) is 6.51. The maximum atomic E-state index is 5.83. The molecule has 0 saturated heterocycles. The van der Waals surface area contributed by atoms with Crippen molar-refractivity contribution >= 4 is 0 Å². The molecule has 1 rings (SSSR count). The maximum Gasteiger partial charge on any atom is 0.0547 e. The van der Waals surface area contributed by atoms with Crippen LogP contribution < -0.4 is 0 Å². The Hall–Kier alpha value is -0.820. The molecule has 0 aliphatic rings. The van der Waals surface area contributed by atoms with E-state index in [2.05, 4.69) is 51.1 Å². The van der Waals surface area contributed by atoms with Crippen LogP contribution in [-0.2, 0) is 4.74 Å². The normalized spacial score (nSPS) is 14.4. The predicted octanol–water partition coefficient (Wildman–Crippen LogP) is 5.17. The Morgan fingerprint density at radius 1 is 1.00 bits per heavy atom. The Kier molecular flexibility index (Phi) is 7.75. The molecule has 102 valence electrons. The third-order valence-electron chi connectivity index (χ3n) is 3.53. The van der Waals surface area contributed by atoms with Gasteiger partial charge in [0.2, 0.25) is 0 Å². The molecule has 1 aromatic carbocycles. The number of hydrogen-bond acceptors (Lipinski definition) is 1. The van der Waals surface area contributed by atoms with E-state index in [-0.39, 0.29) is 0 Å². The molecule has 1 aromatic rings. The highest BCUT2D eigenvalue weighted by Gasteiger charge is 2.08. The minimum absolute atomic E-state index is 0.396. The van der Waals surface area contributed by atoms with Crippen molar-refractivity contribution < 1.29 is 4.74 Å². The fraction of sp³-hybridized carbons (Fsp3) is 0.647. The fourth-order valence-corrected chi connectivity index (χ4v) is 2.15. The van der Waals surface area contributed by atoms with Crippen molar-refractivity contribution in [3.8, 4) is 0 Å². The summed E-state index contributed by atoms with van der Waals surface area (Å²) in [6, 6.07) is 10.8. The second-order valence-corrected chi connectivity index (χ2v) is 5.28. The van der Waals surface area contributed by atoms with Gasteiger partial charge in [-0.1, -0.05) is 57.0 Å². The van der Waals surface area contributed by atoms with Gasteiger partial charge < -0.3 is 4.74 Å². The molecule has 0 amide bonds. The van der Waals surface area contributed by atoms with Crippen LogP contribution in [0.2, 0.25) is 0 Å². The first-order valence-electron chi connectivity index (χ1n) is 7.40. The van der Waals surface area contributed by atoms with Gasteiger partial charge in [-0.15, -0.1) is 0 Å². The summed E-state index contributed by atoms with van der Waals surface area (Å²) in [5, 5.41) is 0. The van der Waals surface area contributed by atoms with Gasteiger partial charge in [0.25, 0.3) is 0 Å². The average Bonchev–Trinajstić information content (AvgIpc) is 2.42. The third kappa shape index (κ3) is 6.20. The van der Waals surface area contributed by atoms with Gasteiger partial charge in [-0.3, -0.25) is 0 Å². The highest BCUT2D eigenvalue weighted by molar-refractivity contribution is 5.18. The lowest BCUT2D eigenvalue weighted by molar-refractivity contribution is 0.0553. The molecular weight excluding hydrogens is 220 g/mol. The molecule has 2 atom stereocenters. The third-order valence-corrected chi connectivity index (χ3v) is 3.53. The van der Waals surface area contributed by atoms with Crippen molar-refractivity contribution in [1.82, 2.24) is 0 Å². The Balaban J connectivity index is 2.16. The van der Waals surface area contributed by atoms with E-state index in [1.807, 2.05) is 0 Å². The van der Waals surface area contributed by atoms with E-state index in [9.17, 15) is 0 Å². The van der Waals surface area contributed by atoms with Gasteiger partial charge in [-0.2, -0.15) is 0 Å². The summed E-state index contributed by atoms with van der Waals surface area (Å²) in [7, 11) is 0. The van der Waals surface area contributed by atoms with Crippen molar-refractivity contribution in [2.24, 2.45) is 0 Å². The van der Waals surface area contributed by atoms with E-state index < -0.39 is 0 Å². The number of ether oxygens (including phenoxy) is 1. The molecular formula is C17H28O. The van der Waals surface area contributed by atoms with E-state index in [4.69, 9.17) is 4.74 Å². The first-order valence-corrected chi connectivity index (χ1v) is 7.40. The first kappa shape index (κ1) is 15.2. The van der Waals surface area contributed by atoms with Gasteiger partial charge in [-0.05, 0) is 37.7 Å². The maximum absolute atomic E-state index is 5.83. The van der Waals surface area contributed by atoms with Crippen molar-refractivity contribution in [2.75, 3.05) is 6.61 Å². The SMILES string of the molecule is CCCCCOC(C)CCC(C)c1ccccc1. The highest BCUT2D eigenvalue weighted by Crippen LogP contribution is 2.21. The zero-order chi connectivity index (χ0) is 13.2. The molecule has 0 heterocycles.